The lowest BCUT2D eigenvalue weighted by Crippen LogP contribution is -2.42. The molecule has 11 heavy (non-hydrogen) atoms. The summed E-state index contributed by atoms with van der Waals surface area (Å²) in [6.45, 7) is 3.02. The molecule has 2 atom stereocenters. The molecule has 0 saturated carbocycles. The summed E-state index contributed by atoms with van der Waals surface area (Å²) in [7, 11) is 0. The Balaban J connectivity index is 1.82. The summed E-state index contributed by atoms with van der Waals surface area (Å²) >= 11 is 2.07. The quantitative estimate of drug-likeness (QED) is 0.631. The van der Waals surface area contributed by atoms with Gasteiger partial charge in [-0.15, -0.1) is 0 Å². The average molecular weight is 173 g/mol. The van der Waals surface area contributed by atoms with Gasteiger partial charge in [0.25, 0.3) is 0 Å². The molecule has 2 saturated heterocycles. The normalized spacial score (nSPS) is 39.3. The van der Waals surface area contributed by atoms with Crippen LogP contribution in [-0.2, 0) is 4.74 Å². The van der Waals surface area contributed by atoms with Gasteiger partial charge in [-0.2, -0.15) is 11.8 Å². The zero-order valence-electron chi connectivity index (χ0n) is 6.71. The molecule has 2 heterocycles. The maximum atomic E-state index is 5.69. The molecular formula is C8H15NOS. The Labute approximate surface area is 72.1 Å². The molecule has 2 fully saturated rings. The highest BCUT2D eigenvalue weighted by molar-refractivity contribution is 7.99. The van der Waals surface area contributed by atoms with Crippen LogP contribution in [0.5, 0.6) is 0 Å². The van der Waals surface area contributed by atoms with E-state index < -0.39 is 0 Å². The Bertz CT molecular complexity index is 119. The molecule has 0 radical (unpaired) electrons. The molecule has 0 aliphatic carbocycles. The second kappa shape index (κ2) is 3.78. The first kappa shape index (κ1) is 7.90. The molecule has 0 spiro atoms. The van der Waals surface area contributed by atoms with Crippen LogP contribution in [-0.4, -0.2) is 37.3 Å². The van der Waals surface area contributed by atoms with Crippen LogP contribution in [0.3, 0.4) is 0 Å². The number of hydrogen-bond acceptors (Lipinski definition) is 3. The van der Waals surface area contributed by atoms with Gasteiger partial charge in [0.1, 0.15) is 0 Å². The van der Waals surface area contributed by atoms with Crippen molar-refractivity contribution >= 4 is 11.8 Å². The summed E-state index contributed by atoms with van der Waals surface area (Å²) in [5.41, 5.74) is 0. The topological polar surface area (TPSA) is 21.3 Å². The van der Waals surface area contributed by atoms with Crippen molar-refractivity contribution in [2.75, 3.05) is 31.2 Å². The maximum absolute atomic E-state index is 5.69. The second-order valence-electron chi connectivity index (χ2n) is 3.24. The van der Waals surface area contributed by atoms with Crippen LogP contribution >= 0.6 is 11.8 Å². The van der Waals surface area contributed by atoms with Crippen LogP contribution in [0, 0.1) is 5.92 Å². The van der Waals surface area contributed by atoms with Crippen LogP contribution in [0.1, 0.15) is 6.42 Å². The lowest BCUT2D eigenvalue weighted by molar-refractivity contribution is -0.00216. The van der Waals surface area contributed by atoms with Gasteiger partial charge in [-0.05, 0) is 23.8 Å². The van der Waals surface area contributed by atoms with Gasteiger partial charge in [-0.25, -0.2) is 0 Å². The molecule has 0 aromatic carbocycles. The molecule has 0 amide bonds. The maximum Gasteiger partial charge on any atom is 0.0736 e. The summed E-state index contributed by atoms with van der Waals surface area (Å²) in [4.78, 5) is 0. The van der Waals surface area contributed by atoms with Crippen molar-refractivity contribution in [3.05, 3.63) is 0 Å². The number of thioether (sulfide) groups is 1. The van der Waals surface area contributed by atoms with E-state index in [-0.39, 0.29) is 0 Å². The highest BCUT2D eigenvalue weighted by atomic mass is 32.2. The van der Waals surface area contributed by atoms with Crippen molar-refractivity contribution in [1.82, 2.24) is 5.32 Å². The summed E-state index contributed by atoms with van der Waals surface area (Å²) in [5, 5.41) is 3.38. The predicted octanol–water partition coefficient (Wildman–Crippen LogP) is 0.728. The predicted molar refractivity (Wildman–Crippen MR) is 48.0 cm³/mol. The van der Waals surface area contributed by atoms with Crippen molar-refractivity contribution in [3.63, 3.8) is 0 Å². The van der Waals surface area contributed by atoms with Crippen molar-refractivity contribution in [1.29, 1.82) is 0 Å². The number of morpholine rings is 1. The van der Waals surface area contributed by atoms with E-state index in [2.05, 4.69) is 17.1 Å². The SMILES string of the molecule is C1COC(C2CCSC2)CN1. The van der Waals surface area contributed by atoms with Crippen LogP contribution < -0.4 is 5.32 Å². The van der Waals surface area contributed by atoms with Gasteiger partial charge in [0, 0.05) is 13.1 Å². The second-order valence-corrected chi connectivity index (χ2v) is 4.39. The fourth-order valence-corrected chi connectivity index (χ4v) is 3.05. The van der Waals surface area contributed by atoms with Crippen LogP contribution in [0.25, 0.3) is 0 Å². The molecule has 2 unspecified atom stereocenters. The standard InChI is InChI=1S/C8H15NOS/c1-4-11-6-7(1)8-5-9-2-3-10-8/h7-9H,1-6H2. The third-order valence-electron chi connectivity index (χ3n) is 2.45. The fraction of sp³-hybridized carbons (Fsp3) is 1.00. The minimum Gasteiger partial charge on any atom is -0.375 e. The van der Waals surface area contributed by atoms with E-state index in [9.17, 15) is 0 Å². The van der Waals surface area contributed by atoms with E-state index >= 15 is 0 Å². The first-order chi connectivity index (χ1) is 5.47. The highest BCUT2D eigenvalue weighted by Crippen LogP contribution is 2.27. The first-order valence-electron chi connectivity index (χ1n) is 4.37. The molecule has 1 N–H and O–H groups in total. The zero-order chi connectivity index (χ0) is 7.52. The first-order valence-corrected chi connectivity index (χ1v) is 5.52. The van der Waals surface area contributed by atoms with E-state index in [0.29, 0.717) is 6.10 Å². The zero-order valence-corrected chi connectivity index (χ0v) is 7.53. The van der Waals surface area contributed by atoms with Crippen LogP contribution in [0.4, 0.5) is 0 Å². The molecule has 2 nitrogen and oxygen atoms in total. The molecule has 2 rings (SSSR count). The minimum atomic E-state index is 0.513. The van der Waals surface area contributed by atoms with E-state index in [1.165, 1.54) is 17.9 Å². The Morgan fingerprint density at radius 3 is 3.09 bits per heavy atom. The third kappa shape index (κ3) is 1.89. The number of hydrogen-bond donors (Lipinski definition) is 1. The van der Waals surface area contributed by atoms with Gasteiger partial charge in [0.15, 0.2) is 0 Å². The largest absolute Gasteiger partial charge is 0.375 e. The van der Waals surface area contributed by atoms with E-state index in [0.717, 1.165) is 25.6 Å². The summed E-state index contributed by atoms with van der Waals surface area (Å²) in [6, 6.07) is 0. The Kier molecular flexibility index (Phi) is 2.72. The van der Waals surface area contributed by atoms with Crippen molar-refractivity contribution in [2.24, 2.45) is 5.92 Å². The molecule has 0 aromatic rings. The van der Waals surface area contributed by atoms with Gasteiger partial charge in [0.05, 0.1) is 12.7 Å². The minimum absolute atomic E-state index is 0.513. The molecule has 0 bridgehead atoms. The number of nitrogens with one attached hydrogen (secondary N) is 1. The fourth-order valence-electron chi connectivity index (χ4n) is 1.73. The molecule has 64 valence electrons. The van der Waals surface area contributed by atoms with E-state index in [1.54, 1.807) is 0 Å². The van der Waals surface area contributed by atoms with Gasteiger partial charge in [-0.1, -0.05) is 0 Å². The smallest absolute Gasteiger partial charge is 0.0736 e. The van der Waals surface area contributed by atoms with Gasteiger partial charge in [-0.3, -0.25) is 0 Å². The molecule has 0 aromatic heterocycles. The summed E-state index contributed by atoms with van der Waals surface area (Å²) in [5.74, 6) is 3.48. The van der Waals surface area contributed by atoms with Crippen LogP contribution in [0.15, 0.2) is 0 Å². The number of rotatable bonds is 1. The Morgan fingerprint density at radius 1 is 1.45 bits per heavy atom. The van der Waals surface area contributed by atoms with Crippen LogP contribution in [0.2, 0.25) is 0 Å². The lowest BCUT2D eigenvalue weighted by atomic mass is 10.0. The monoisotopic (exact) mass is 173 g/mol. The van der Waals surface area contributed by atoms with Crippen molar-refractivity contribution in [2.45, 2.75) is 12.5 Å². The highest BCUT2D eigenvalue weighted by Gasteiger charge is 2.27. The summed E-state index contributed by atoms with van der Waals surface area (Å²) < 4.78 is 5.69. The van der Waals surface area contributed by atoms with Gasteiger partial charge >= 0.3 is 0 Å². The summed E-state index contributed by atoms with van der Waals surface area (Å²) in [6.07, 6.45) is 1.87. The van der Waals surface area contributed by atoms with Crippen molar-refractivity contribution < 1.29 is 4.74 Å². The van der Waals surface area contributed by atoms with Gasteiger partial charge < -0.3 is 10.1 Å². The molecule has 2 aliphatic heterocycles. The van der Waals surface area contributed by atoms with Gasteiger partial charge in [0.2, 0.25) is 0 Å². The Morgan fingerprint density at radius 2 is 2.45 bits per heavy atom. The molecule has 2 aliphatic rings. The Hall–Kier alpha value is 0.270. The lowest BCUT2D eigenvalue weighted by Gasteiger charge is -2.27. The average Bonchev–Trinajstić information content (AvgIpc) is 2.58. The molecular weight excluding hydrogens is 158 g/mol. The van der Waals surface area contributed by atoms with E-state index in [4.69, 9.17) is 4.74 Å². The third-order valence-corrected chi connectivity index (χ3v) is 3.64. The van der Waals surface area contributed by atoms with Crippen molar-refractivity contribution in [3.8, 4) is 0 Å². The van der Waals surface area contributed by atoms with E-state index in [1.807, 2.05) is 0 Å². The molecule has 3 heteroatoms. The number of ether oxygens (including phenoxy) is 1.